The fourth-order valence-corrected chi connectivity index (χ4v) is 1.89. The van der Waals surface area contributed by atoms with E-state index >= 15 is 0 Å². The Bertz CT molecular complexity index is 596. The maximum absolute atomic E-state index is 13.5. The van der Waals surface area contributed by atoms with Crippen molar-refractivity contribution in [3.05, 3.63) is 65.5 Å². The topological polar surface area (TPSA) is 55.1 Å². The molecule has 4 heteroatoms. The number of halogens is 1. The summed E-state index contributed by atoms with van der Waals surface area (Å²) in [6.45, 7) is 2.08. The monoisotopic (exact) mass is 272 g/mol. The highest BCUT2D eigenvalue weighted by molar-refractivity contribution is 6.00. The van der Waals surface area contributed by atoms with Crippen LogP contribution in [0.3, 0.4) is 0 Å². The van der Waals surface area contributed by atoms with Crippen molar-refractivity contribution in [3.63, 3.8) is 0 Å². The number of carbonyl (C=O) groups is 1. The Balaban J connectivity index is 1.98. The molecule has 0 radical (unpaired) electrons. The van der Waals surface area contributed by atoms with Crippen LogP contribution in [-0.4, -0.2) is 11.8 Å². The van der Waals surface area contributed by atoms with Gasteiger partial charge < -0.3 is 11.1 Å². The maximum Gasteiger partial charge on any atom is 0.179 e. The second-order valence-electron chi connectivity index (χ2n) is 4.68. The molecular weight excluding hydrogens is 255 g/mol. The fourth-order valence-electron chi connectivity index (χ4n) is 1.89. The molecule has 0 amide bonds. The van der Waals surface area contributed by atoms with Gasteiger partial charge in [-0.05, 0) is 37.3 Å². The molecule has 0 aromatic heterocycles. The van der Waals surface area contributed by atoms with Crippen molar-refractivity contribution in [2.45, 2.75) is 19.5 Å². The summed E-state index contributed by atoms with van der Waals surface area (Å²) < 4.78 is 13.5. The SMILES string of the molecule is CC(NCc1ccccc1F)C(=O)c1ccc(N)cc1. The Kier molecular flexibility index (Phi) is 4.48. The highest BCUT2D eigenvalue weighted by atomic mass is 19.1. The lowest BCUT2D eigenvalue weighted by Crippen LogP contribution is -2.33. The molecule has 2 rings (SSSR count). The van der Waals surface area contributed by atoms with E-state index < -0.39 is 6.04 Å². The first-order valence-corrected chi connectivity index (χ1v) is 6.44. The van der Waals surface area contributed by atoms with Crippen LogP contribution in [0.1, 0.15) is 22.8 Å². The molecule has 1 unspecified atom stereocenters. The van der Waals surface area contributed by atoms with Gasteiger partial charge in [-0.2, -0.15) is 0 Å². The summed E-state index contributed by atoms with van der Waals surface area (Å²) in [4.78, 5) is 12.2. The molecule has 0 bridgehead atoms. The number of nitrogens with one attached hydrogen (secondary N) is 1. The van der Waals surface area contributed by atoms with E-state index in [0.29, 0.717) is 23.4 Å². The molecule has 0 saturated carbocycles. The van der Waals surface area contributed by atoms with Crippen LogP contribution in [0.25, 0.3) is 0 Å². The third-order valence-corrected chi connectivity index (χ3v) is 3.15. The van der Waals surface area contributed by atoms with Gasteiger partial charge in [-0.15, -0.1) is 0 Å². The predicted molar refractivity (Wildman–Crippen MR) is 77.9 cm³/mol. The van der Waals surface area contributed by atoms with E-state index in [1.54, 1.807) is 49.4 Å². The third kappa shape index (κ3) is 3.42. The predicted octanol–water partition coefficient (Wildman–Crippen LogP) is 2.77. The third-order valence-electron chi connectivity index (χ3n) is 3.15. The summed E-state index contributed by atoms with van der Waals surface area (Å²) in [6.07, 6.45) is 0. The van der Waals surface area contributed by atoms with Crippen LogP contribution in [0.4, 0.5) is 10.1 Å². The smallest absolute Gasteiger partial charge is 0.179 e. The van der Waals surface area contributed by atoms with Crippen molar-refractivity contribution in [3.8, 4) is 0 Å². The Morgan fingerprint density at radius 3 is 2.50 bits per heavy atom. The summed E-state index contributed by atoms with van der Waals surface area (Å²) in [5.41, 5.74) is 7.34. The molecule has 0 spiro atoms. The average molecular weight is 272 g/mol. The van der Waals surface area contributed by atoms with E-state index in [2.05, 4.69) is 5.32 Å². The number of rotatable bonds is 5. The van der Waals surface area contributed by atoms with E-state index in [1.807, 2.05) is 0 Å². The van der Waals surface area contributed by atoms with Crippen molar-refractivity contribution in [1.29, 1.82) is 0 Å². The summed E-state index contributed by atoms with van der Waals surface area (Å²) >= 11 is 0. The van der Waals surface area contributed by atoms with Gasteiger partial charge in [0.1, 0.15) is 5.82 Å². The van der Waals surface area contributed by atoms with Gasteiger partial charge in [0.2, 0.25) is 0 Å². The first-order valence-electron chi connectivity index (χ1n) is 6.44. The summed E-state index contributed by atoms with van der Waals surface area (Å²) in [7, 11) is 0. The number of nitrogen functional groups attached to an aromatic ring is 1. The number of anilines is 1. The lowest BCUT2D eigenvalue weighted by atomic mass is 10.0. The molecule has 0 fully saturated rings. The van der Waals surface area contributed by atoms with Gasteiger partial charge >= 0.3 is 0 Å². The lowest BCUT2D eigenvalue weighted by molar-refractivity contribution is 0.0950. The number of Topliss-reactive ketones (excluding diaryl/α,β-unsaturated/α-hetero) is 1. The van der Waals surface area contributed by atoms with E-state index in [9.17, 15) is 9.18 Å². The molecule has 0 aliphatic carbocycles. The lowest BCUT2D eigenvalue weighted by Gasteiger charge is -2.13. The van der Waals surface area contributed by atoms with E-state index in [-0.39, 0.29) is 11.6 Å². The standard InChI is InChI=1S/C16H17FN2O/c1-11(16(20)12-6-8-14(18)9-7-12)19-10-13-4-2-3-5-15(13)17/h2-9,11,19H,10,18H2,1H3. The van der Waals surface area contributed by atoms with Gasteiger partial charge in [-0.25, -0.2) is 4.39 Å². The van der Waals surface area contributed by atoms with Crippen LogP contribution < -0.4 is 11.1 Å². The summed E-state index contributed by atoms with van der Waals surface area (Å²) in [5.74, 6) is -0.312. The molecule has 3 nitrogen and oxygen atoms in total. The number of hydrogen-bond donors (Lipinski definition) is 2. The molecule has 2 aromatic rings. The number of carbonyl (C=O) groups excluding carboxylic acids is 1. The molecule has 3 N–H and O–H groups in total. The normalized spacial score (nSPS) is 12.1. The first-order chi connectivity index (χ1) is 9.58. The largest absolute Gasteiger partial charge is 0.399 e. The van der Waals surface area contributed by atoms with Crippen LogP contribution in [-0.2, 0) is 6.54 Å². The highest BCUT2D eigenvalue weighted by Crippen LogP contribution is 2.10. The van der Waals surface area contributed by atoms with Gasteiger partial charge in [0.05, 0.1) is 6.04 Å². The fraction of sp³-hybridized carbons (Fsp3) is 0.188. The van der Waals surface area contributed by atoms with E-state index in [4.69, 9.17) is 5.73 Å². The molecule has 0 heterocycles. The molecule has 104 valence electrons. The maximum atomic E-state index is 13.5. The van der Waals surface area contributed by atoms with Crippen LogP contribution >= 0.6 is 0 Å². The average Bonchev–Trinajstić information content (AvgIpc) is 2.46. The number of benzene rings is 2. The van der Waals surface area contributed by atoms with Crippen molar-refractivity contribution >= 4 is 11.5 Å². The molecule has 1 atom stereocenters. The Morgan fingerprint density at radius 1 is 1.20 bits per heavy atom. The Labute approximate surface area is 117 Å². The number of nitrogens with two attached hydrogens (primary N) is 1. The van der Waals surface area contributed by atoms with Crippen molar-refractivity contribution < 1.29 is 9.18 Å². The molecular formula is C16H17FN2O. The van der Waals surface area contributed by atoms with Gasteiger partial charge in [0.15, 0.2) is 5.78 Å². The molecule has 2 aromatic carbocycles. The second kappa shape index (κ2) is 6.30. The van der Waals surface area contributed by atoms with E-state index in [0.717, 1.165) is 0 Å². The van der Waals surface area contributed by atoms with Crippen LogP contribution in [0.5, 0.6) is 0 Å². The van der Waals surface area contributed by atoms with Gasteiger partial charge in [-0.3, -0.25) is 4.79 Å². The minimum absolute atomic E-state index is 0.0404. The highest BCUT2D eigenvalue weighted by Gasteiger charge is 2.14. The zero-order valence-corrected chi connectivity index (χ0v) is 11.3. The van der Waals surface area contributed by atoms with Crippen LogP contribution in [0.2, 0.25) is 0 Å². The van der Waals surface area contributed by atoms with Crippen LogP contribution in [0.15, 0.2) is 48.5 Å². The van der Waals surface area contributed by atoms with Crippen molar-refractivity contribution in [2.24, 2.45) is 0 Å². The number of hydrogen-bond acceptors (Lipinski definition) is 3. The Hall–Kier alpha value is -2.20. The first kappa shape index (κ1) is 14.2. The zero-order chi connectivity index (χ0) is 14.5. The Morgan fingerprint density at radius 2 is 1.85 bits per heavy atom. The summed E-state index contributed by atoms with van der Waals surface area (Å²) in [6, 6.07) is 12.9. The molecule has 20 heavy (non-hydrogen) atoms. The molecule has 0 saturated heterocycles. The van der Waals surface area contributed by atoms with Gasteiger partial charge in [0, 0.05) is 23.4 Å². The number of ketones is 1. The van der Waals surface area contributed by atoms with Crippen molar-refractivity contribution in [1.82, 2.24) is 5.32 Å². The summed E-state index contributed by atoms with van der Waals surface area (Å²) in [5, 5.41) is 3.03. The quantitative estimate of drug-likeness (QED) is 0.650. The minimum atomic E-state index is -0.391. The second-order valence-corrected chi connectivity index (χ2v) is 4.68. The van der Waals surface area contributed by atoms with Crippen molar-refractivity contribution in [2.75, 3.05) is 5.73 Å². The van der Waals surface area contributed by atoms with E-state index in [1.165, 1.54) is 6.07 Å². The van der Waals surface area contributed by atoms with Gasteiger partial charge in [-0.1, -0.05) is 18.2 Å². The van der Waals surface area contributed by atoms with Crippen LogP contribution in [0, 0.1) is 5.82 Å². The molecule has 0 aliphatic heterocycles. The minimum Gasteiger partial charge on any atom is -0.399 e. The molecule has 0 aliphatic rings. The van der Waals surface area contributed by atoms with Gasteiger partial charge in [0.25, 0.3) is 0 Å². The zero-order valence-electron chi connectivity index (χ0n) is 11.3.